The van der Waals surface area contributed by atoms with Gasteiger partial charge in [0, 0.05) is 0 Å². The smallest absolute Gasteiger partial charge is 0.408 e. The van der Waals surface area contributed by atoms with Crippen LogP contribution in [0.25, 0.3) is 0 Å². The SMILES string of the molecule is NO[Si]O. The summed E-state index contributed by atoms with van der Waals surface area (Å²) < 4.78 is 3.62. The van der Waals surface area contributed by atoms with Gasteiger partial charge in [-0.25, -0.2) is 5.90 Å². The third kappa shape index (κ3) is 2.10. The summed E-state index contributed by atoms with van der Waals surface area (Å²) in [6.45, 7) is 0. The molecular formula is H3NO2Si. The van der Waals surface area contributed by atoms with E-state index in [-0.39, 0.29) is 0 Å². The maximum atomic E-state index is 7.56. The molecule has 0 bridgehead atoms. The molecule has 0 aliphatic rings. The van der Waals surface area contributed by atoms with Gasteiger partial charge in [-0.15, -0.1) is 0 Å². The first-order chi connectivity index (χ1) is 1.91. The van der Waals surface area contributed by atoms with Crippen molar-refractivity contribution in [3.05, 3.63) is 0 Å². The van der Waals surface area contributed by atoms with Crippen molar-refractivity contribution in [3.8, 4) is 0 Å². The van der Waals surface area contributed by atoms with Gasteiger partial charge >= 0.3 is 10.0 Å². The van der Waals surface area contributed by atoms with Crippen molar-refractivity contribution in [3.63, 3.8) is 0 Å². The normalized spacial score (nSPS) is 7.50. The van der Waals surface area contributed by atoms with Crippen molar-refractivity contribution in [2.24, 2.45) is 5.90 Å². The molecule has 2 radical (unpaired) electrons. The zero-order valence-electron chi connectivity index (χ0n) is 1.93. The average Bonchev–Trinajstić information content (AvgIpc) is 1.37. The Hall–Kier alpha value is 0.0969. The largest absolute Gasteiger partial charge is 0.449 e. The highest BCUT2D eigenvalue weighted by atomic mass is 28.2. The Balaban J connectivity index is 1.97. The maximum Gasteiger partial charge on any atom is 0.449 e. The van der Waals surface area contributed by atoms with E-state index < -0.39 is 10.0 Å². The Morgan fingerprint density at radius 1 is 2.00 bits per heavy atom. The van der Waals surface area contributed by atoms with Crippen molar-refractivity contribution in [2.45, 2.75) is 0 Å². The van der Waals surface area contributed by atoms with Crippen LogP contribution in [0.1, 0.15) is 0 Å². The molecule has 4 heteroatoms. The molecule has 0 unspecified atom stereocenters. The minimum atomic E-state index is -0.582. The van der Waals surface area contributed by atoms with Gasteiger partial charge in [-0.05, 0) is 0 Å². The van der Waals surface area contributed by atoms with E-state index in [1.165, 1.54) is 0 Å². The highest BCUT2D eigenvalue weighted by Gasteiger charge is 1.64. The van der Waals surface area contributed by atoms with Gasteiger partial charge in [0.15, 0.2) is 0 Å². The van der Waals surface area contributed by atoms with Crippen molar-refractivity contribution in [1.29, 1.82) is 0 Å². The Morgan fingerprint density at radius 3 is 2.25 bits per heavy atom. The second-order valence-electron chi connectivity index (χ2n) is 0.209. The molecule has 3 N–H and O–H groups in total. The lowest BCUT2D eigenvalue weighted by Crippen LogP contribution is -2.02. The van der Waals surface area contributed by atoms with E-state index in [1.54, 1.807) is 0 Å². The molecule has 0 saturated carbocycles. The molecule has 0 aromatic heterocycles. The van der Waals surface area contributed by atoms with E-state index in [1.807, 2.05) is 0 Å². The minimum absolute atomic E-state index is 0.582. The molecule has 0 heterocycles. The molecular weight excluding hydrogens is 74.1 g/mol. The van der Waals surface area contributed by atoms with Crippen molar-refractivity contribution in [1.82, 2.24) is 0 Å². The summed E-state index contributed by atoms with van der Waals surface area (Å²) in [5.41, 5.74) is 0. The fourth-order valence-electron chi connectivity index (χ4n) is 0. The van der Waals surface area contributed by atoms with Gasteiger partial charge < -0.3 is 9.32 Å². The highest BCUT2D eigenvalue weighted by Crippen LogP contribution is 1.31. The lowest BCUT2D eigenvalue weighted by Gasteiger charge is -1.71. The van der Waals surface area contributed by atoms with Crippen LogP contribution in [0.3, 0.4) is 0 Å². The topological polar surface area (TPSA) is 55.5 Å². The Bertz CT molecular complexity index is 8.00. The van der Waals surface area contributed by atoms with Crippen LogP contribution in [0, 0.1) is 0 Å². The summed E-state index contributed by atoms with van der Waals surface area (Å²) in [6.07, 6.45) is 0. The van der Waals surface area contributed by atoms with E-state index in [9.17, 15) is 0 Å². The second kappa shape index (κ2) is 3.10. The Kier molecular flexibility index (Phi) is 3.17. The van der Waals surface area contributed by atoms with Crippen molar-refractivity contribution < 1.29 is 9.32 Å². The van der Waals surface area contributed by atoms with Gasteiger partial charge in [-0.1, -0.05) is 0 Å². The van der Waals surface area contributed by atoms with Gasteiger partial charge in [0.2, 0.25) is 0 Å². The Morgan fingerprint density at radius 2 is 2.25 bits per heavy atom. The lowest BCUT2D eigenvalue weighted by atomic mass is 13.6. The summed E-state index contributed by atoms with van der Waals surface area (Å²) >= 11 is 0. The summed E-state index contributed by atoms with van der Waals surface area (Å²) in [4.78, 5) is 7.56. The van der Waals surface area contributed by atoms with E-state index in [0.717, 1.165) is 0 Å². The quantitative estimate of drug-likeness (QED) is 0.293. The predicted molar refractivity (Wildman–Crippen MR) is 13.2 cm³/mol. The number of hydrogen-bond acceptors (Lipinski definition) is 3. The summed E-state index contributed by atoms with van der Waals surface area (Å²) in [5.74, 6) is 4.29. The fraction of sp³-hybridized carbons (Fsp3) is 0. The van der Waals surface area contributed by atoms with Gasteiger partial charge in [0.25, 0.3) is 0 Å². The van der Waals surface area contributed by atoms with Crippen molar-refractivity contribution in [2.75, 3.05) is 0 Å². The third-order valence-electron chi connectivity index (χ3n) is 0.0527. The van der Waals surface area contributed by atoms with Gasteiger partial charge in [-0.2, -0.15) is 0 Å². The molecule has 0 fully saturated rings. The first-order valence-corrected chi connectivity index (χ1v) is 1.52. The number of hydrogen-bond donors (Lipinski definition) is 2. The first kappa shape index (κ1) is 4.10. The molecule has 0 aliphatic heterocycles. The van der Waals surface area contributed by atoms with E-state index >= 15 is 0 Å². The summed E-state index contributed by atoms with van der Waals surface area (Å²) in [7, 11) is -0.582. The van der Waals surface area contributed by atoms with E-state index in [0.29, 0.717) is 0 Å². The predicted octanol–water partition coefficient (Wildman–Crippen LogP) is -1.60. The molecule has 3 nitrogen and oxygen atoms in total. The van der Waals surface area contributed by atoms with E-state index in [2.05, 4.69) is 10.4 Å². The molecule has 0 amide bonds. The lowest BCUT2D eigenvalue weighted by molar-refractivity contribution is 0.296. The van der Waals surface area contributed by atoms with Crippen LogP contribution in [-0.4, -0.2) is 14.8 Å². The summed E-state index contributed by atoms with van der Waals surface area (Å²) in [5, 5.41) is 0. The fourth-order valence-corrected chi connectivity index (χ4v) is 0. The van der Waals surface area contributed by atoms with Gasteiger partial charge in [0.1, 0.15) is 0 Å². The van der Waals surface area contributed by atoms with Gasteiger partial charge in [-0.3, -0.25) is 0 Å². The van der Waals surface area contributed by atoms with Crippen LogP contribution in [0.5, 0.6) is 0 Å². The molecule has 0 saturated heterocycles. The van der Waals surface area contributed by atoms with E-state index in [4.69, 9.17) is 4.80 Å². The zero-order chi connectivity index (χ0) is 3.41. The molecule has 0 aromatic carbocycles. The zero-order valence-corrected chi connectivity index (χ0v) is 2.93. The molecule has 0 aliphatic carbocycles. The van der Waals surface area contributed by atoms with Crippen LogP contribution >= 0.6 is 0 Å². The Labute approximate surface area is 26.4 Å². The minimum Gasteiger partial charge on any atom is -0.408 e. The van der Waals surface area contributed by atoms with Crippen LogP contribution < -0.4 is 5.90 Å². The van der Waals surface area contributed by atoms with Crippen molar-refractivity contribution >= 4 is 10.0 Å². The first-order valence-electron chi connectivity index (χ1n) is 0.663. The third-order valence-corrected chi connectivity index (χ3v) is 0.158. The van der Waals surface area contributed by atoms with Crippen LogP contribution in [0.2, 0.25) is 0 Å². The summed E-state index contributed by atoms with van der Waals surface area (Å²) in [6, 6.07) is 0. The van der Waals surface area contributed by atoms with Gasteiger partial charge in [0.05, 0.1) is 0 Å². The monoisotopic (exact) mass is 77.0 g/mol. The molecule has 0 atom stereocenters. The molecule has 24 valence electrons. The molecule has 0 aromatic rings. The van der Waals surface area contributed by atoms with Crippen LogP contribution in [0.4, 0.5) is 0 Å². The number of nitrogens with two attached hydrogens (primary N) is 1. The second-order valence-corrected chi connectivity index (χ2v) is 0.627. The standard InChI is InChI=1S/H3NO2Si/c1-3-4-2/h2H,1H2. The average molecular weight is 77.1 g/mol. The number of rotatable bonds is 1. The molecule has 0 spiro atoms. The maximum absolute atomic E-state index is 7.56. The van der Waals surface area contributed by atoms with Crippen LogP contribution in [0.15, 0.2) is 0 Å². The van der Waals surface area contributed by atoms with Crippen LogP contribution in [-0.2, 0) is 4.53 Å². The molecule has 4 heavy (non-hydrogen) atoms. The molecule has 0 rings (SSSR count). The highest BCUT2D eigenvalue weighted by molar-refractivity contribution is 6.15.